The first-order chi connectivity index (χ1) is 9.10. The van der Waals surface area contributed by atoms with Crippen molar-refractivity contribution < 1.29 is 9.84 Å². The van der Waals surface area contributed by atoms with Gasteiger partial charge in [-0.1, -0.05) is 12.1 Å². The monoisotopic (exact) mass is 258 g/mol. The van der Waals surface area contributed by atoms with Crippen molar-refractivity contribution in [1.29, 1.82) is 0 Å². The molecule has 19 heavy (non-hydrogen) atoms. The molecule has 0 aliphatic rings. The largest absolute Gasteiger partial charge is 0.504 e. The van der Waals surface area contributed by atoms with E-state index >= 15 is 0 Å². The Hall–Kier alpha value is -2.56. The average molecular weight is 258 g/mol. The van der Waals surface area contributed by atoms with Crippen LogP contribution in [0.4, 0.5) is 0 Å². The van der Waals surface area contributed by atoms with Crippen LogP contribution in [0.2, 0.25) is 0 Å². The van der Waals surface area contributed by atoms with E-state index in [9.17, 15) is 9.90 Å². The predicted molar refractivity (Wildman–Crippen MR) is 73.2 cm³/mol. The highest BCUT2D eigenvalue weighted by Crippen LogP contribution is 2.26. The van der Waals surface area contributed by atoms with Crippen molar-refractivity contribution in [1.82, 2.24) is 10.2 Å². The summed E-state index contributed by atoms with van der Waals surface area (Å²) in [5.41, 5.74) is 2.05. The summed E-state index contributed by atoms with van der Waals surface area (Å²) in [5.74, 6) is 0.506. The van der Waals surface area contributed by atoms with E-state index in [4.69, 9.17) is 4.74 Å². The maximum Gasteiger partial charge on any atom is 0.264 e. The van der Waals surface area contributed by atoms with Gasteiger partial charge in [-0.2, -0.15) is 5.10 Å². The smallest absolute Gasteiger partial charge is 0.264 e. The number of aromatic hydroxyl groups is 1. The third kappa shape index (κ3) is 3.01. The van der Waals surface area contributed by atoms with Crippen molar-refractivity contribution in [3.8, 4) is 11.5 Å². The summed E-state index contributed by atoms with van der Waals surface area (Å²) in [6, 6.07) is 6.58. The molecule has 5 heteroatoms. The van der Waals surface area contributed by atoms with E-state index < -0.39 is 0 Å². The van der Waals surface area contributed by atoms with Crippen LogP contribution in [-0.4, -0.2) is 22.4 Å². The highest BCUT2D eigenvalue weighted by atomic mass is 16.5. The molecule has 98 valence electrons. The van der Waals surface area contributed by atoms with Crippen molar-refractivity contribution >= 4 is 12.2 Å². The minimum absolute atomic E-state index is 0.0794. The predicted octanol–water partition coefficient (Wildman–Crippen LogP) is 1.96. The first kappa shape index (κ1) is 12.9. The third-order valence-electron chi connectivity index (χ3n) is 2.67. The van der Waals surface area contributed by atoms with Gasteiger partial charge in [0.1, 0.15) is 0 Å². The second kappa shape index (κ2) is 5.39. The van der Waals surface area contributed by atoms with Crippen molar-refractivity contribution in [2.24, 2.45) is 0 Å². The van der Waals surface area contributed by atoms with E-state index in [0.29, 0.717) is 11.4 Å². The molecule has 0 saturated heterocycles. The normalized spacial score (nSPS) is 10.8. The number of nitrogens with one attached hydrogen (secondary N) is 1. The first-order valence-corrected chi connectivity index (χ1v) is 5.71. The fraction of sp³-hybridized carbons (Fsp3) is 0.143. The van der Waals surface area contributed by atoms with E-state index in [-0.39, 0.29) is 11.3 Å². The zero-order chi connectivity index (χ0) is 13.8. The summed E-state index contributed by atoms with van der Waals surface area (Å²) >= 11 is 0. The fourth-order valence-electron chi connectivity index (χ4n) is 1.66. The average Bonchev–Trinajstić information content (AvgIpc) is 2.38. The van der Waals surface area contributed by atoms with Crippen LogP contribution in [0.5, 0.6) is 11.5 Å². The molecule has 0 radical (unpaired) electrons. The second-order valence-corrected chi connectivity index (χ2v) is 4.07. The number of aromatic nitrogens is 2. The highest BCUT2D eigenvalue weighted by Gasteiger charge is 2.01. The molecule has 1 aromatic carbocycles. The van der Waals surface area contributed by atoms with E-state index in [2.05, 4.69) is 10.2 Å². The molecule has 5 nitrogen and oxygen atoms in total. The summed E-state index contributed by atoms with van der Waals surface area (Å²) < 4.78 is 4.97. The number of nitrogens with zero attached hydrogens (tertiary/aromatic N) is 1. The SMILES string of the molecule is COc1ccc(/C=C/c2n[nH]c(=O)cc2C)cc1O. The summed E-state index contributed by atoms with van der Waals surface area (Å²) in [6.45, 7) is 1.81. The van der Waals surface area contributed by atoms with Crippen LogP contribution in [0.15, 0.2) is 29.1 Å². The number of hydrogen-bond donors (Lipinski definition) is 2. The van der Waals surface area contributed by atoms with Crippen molar-refractivity contribution in [2.45, 2.75) is 6.92 Å². The molecule has 0 aliphatic heterocycles. The van der Waals surface area contributed by atoms with Crippen LogP contribution >= 0.6 is 0 Å². The third-order valence-corrected chi connectivity index (χ3v) is 2.67. The van der Waals surface area contributed by atoms with E-state index in [0.717, 1.165) is 11.1 Å². The van der Waals surface area contributed by atoms with Crippen molar-refractivity contribution in [3.63, 3.8) is 0 Å². The molecule has 2 rings (SSSR count). The molecule has 1 aromatic heterocycles. The molecular formula is C14H14N2O3. The lowest BCUT2D eigenvalue weighted by atomic mass is 10.1. The molecule has 0 spiro atoms. The van der Waals surface area contributed by atoms with Crippen LogP contribution in [0.25, 0.3) is 12.2 Å². The Labute approximate surface area is 110 Å². The molecule has 0 saturated carbocycles. The molecule has 0 aliphatic carbocycles. The molecule has 2 aromatic rings. The van der Waals surface area contributed by atoms with Gasteiger partial charge in [0, 0.05) is 6.07 Å². The molecule has 0 fully saturated rings. The summed E-state index contributed by atoms with van der Waals surface area (Å²) in [4.78, 5) is 11.0. The summed E-state index contributed by atoms with van der Waals surface area (Å²) in [5, 5.41) is 16.0. The Morgan fingerprint density at radius 3 is 2.74 bits per heavy atom. The second-order valence-electron chi connectivity index (χ2n) is 4.07. The number of benzene rings is 1. The minimum Gasteiger partial charge on any atom is -0.504 e. The lowest BCUT2D eigenvalue weighted by Gasteiger charge is -2.03. The standard InChI is InChI=1S/C14H14N2O3/c1-9-7-14(18)16-15-11(9)5-3-10-4-6-13(19-2)12(17)8-10/h3-8,17H,1-2H3,(H,16,18)/b5-3+. The molecule has 1 heterocycles. The zero-order valence-electron chi connectivity index (χ0n) is 10.7. The molecule has 0 atom stereocenters. The zero-order valence-corrected chi connectivity index (χ0v) is 10.7. The molecule has 0 bridgehead atoms. The van der Waals surface area contributed by atoms with Gasteiger partial charge in [0.2, 0.25) is 0 Å². The minimum atomic E-state index is -0.225. The summed E-state index contributed by atoms with van der Waals surface area (Å²) in [6.07, 6.45) is 3.57. The Bertz CT molecular complexity index is 675. The van der Waals surface area contributed by atoms with Gasteiger partial charge in [-0.05, 0) is 36.3 Å². The van der Waals surface area contributed by atoms with Gasteiger partial charge in [-0.25, -0.2) is 5.10 Å². The molecule has 2 N–H and O–H groups in total. The van der Waals surface area contributed by atoms with Gasteiger partial charge < -0.3 is 9.84 Å². The van der Waals surface area contributed by atoms with Crippen LogP contribution in [0, 0.1) is 6.92 Å². The topological polar surface area (TPSA) is 75.2 Å². The van der Waals surface area contributed by atoms with E-state index in [1.807, 2.05) is 13.0 Å². The van der Waals surface area contributed by atoms with Gasteiger partial charge >= 0.3 is 0 Å². The Morgan fingerprint density at radius 1 is 1.32 bits per heavy atom. The highest BCUT2D eigenvalue weighted by molar-refractivity contribution is 5.70. The van der Waals surface area contributed by atoms with Gasteiger partial charge in [-0.15, -0.1) is 0 Å². The van der Waals surface area contributed by atoms with Crippen LogP contribution in [0.3, 0.4) is 0 Å². The van der Waals surface area contributed by atoms with Gasteiger partial charge in [0.15, 0.2) is 11.5 Å². The molecular weight excluding hydrogens is 244 g/mol. The number of rotatable bonds is 3. The van der Waals surface area contributed by atoms with Gasteiger partial charge in [-0.3, -0.25) is 4.79 Å². The first-order valence-electron chi connectivity index (χ1n) is 5.71. The van der Waals surface area contributed by atoms with E-state index in [1.54, 1.807) is 24.3 Å². The van der Waals surface area contributed by atoms with E-state index in [1.165, 1.54) is 13.2 Å². The van der Waals surface area contributed by atoms with Gasteiger partial charge in [0.25, 0.3) is 5.56 Å². The lowest BCUT2D eigenvalue weighted by Crippen LogP contribution is -2.08. The number of hydrogen-bond acceptors (Lipinski definition) is 4. The van der Waals surface area contributed by atoms with Crippen molar-refractivity contribution in [3.05, 3.63) is 51.4 Å². The van der Waals surface area contributed by atoms with Crippen LogP contribution < -0.4 is 10.3 Å². The number of ether oxygens (including phenoxy) is 1. The Balaban J connectivity index is 2.27. The number of aromatic amines is 1. The lowest BCUT2D eigenvalue weighted by molar-refractivity contribution is 0.373. The number of aryl methyl sites for hydroxylation is 1. The Morgan fingerprint density at radius 2 is 2.11 bits per heavy atom. The summed E-state index contributed by atoms with van der Waals surface area (Å²) in [7, 11) is 1.50. The maximum absolute atomic E-state index is 11.0. The number of phenols is 1. The number of H-pyrrole nitrogens is 1. The van der Waals surface area contributed by atoms with Crippen molar-refractivity contribution in [2.75, 3.05) is 7.11 Å². The molecule has 0 amide bonds. The Kier molecular flexibility index (Phi) is 3.66. The maximum atomic E-state index is 11.0. The fourth-order valence-corrected chi connectivity index (χ4v) is 1.66. The number of phenolic OH excluding ortho intramolecular Hbond substituents is 1. The van der Waals surface area contributed by atoms with Crippen LogP contribution in [0.1, 0.15) is 16.8 Å². The molecule has 0 unspecified atom stereocenters. The number of methoxy groups -OCH3 is 1. The quantitative estimate of drug-likeness (QED) is 0.882. The van der Waals surface area contributed by atoms with Crippen LogP contribution in [-0.2, 0) is 0 Å². The van der Waals surface area contributed by atoms with Gasteiger partial charge in [0.05, 0.1) is 12.8 Å².